The summed E-state index contributed by atoms with van der Waals surface area (Å²) in [4.78, 5) is 0. The van der Waals surface area contributed by atoms with E-state index in [-0.39, 0.29) is 0 Å². The second-order valence-corrected chi connectivity index (χ2v) is 5.52. The van der Waals surface area contributed by atoms with Crippen LogP contribution in [-0.2, 0) is 0 Å². The first-order valence-electron chi connectivity index (χ1n) is 7.33. The third kappa shape index (κ3) is 3.87. The quantitative estimate of drug-likeness (QED) is 0.854. The molecule has 0 spiro atoms. The van der Waals surface area contributed by atoms with Gasteiger partial charge in [-0.3, -0.25) is 0 Å². The molecule has 1 aliphatic rings. The predicted molar refractivity (Wildman–Crippen MR) is 81.2 cm³/mol. The Morgan fingerprint density at radius 3 is 2.84 bits per heavy atom. The maximum atomic E-state index is 5.47. The van der Waals surface area contributed by atoms with Crippen molar-refractivity contribution in [1.82, 2.24) is 5.32 Å². The second-order valence-electron chi connectivity index (χ2n) is 5.52. The molecule has 1 unspecified atom stereocenters. The lowest BCUT2D eigenvalue weighted by Gasteiger charge is -2.24. The Labute approximate surface area is 116 Å². The predicted octanol–water partition coefficient (Wildman–Crippen LogP) is 3.26. The topological polar surface area (TPSA) is 33.3 Å². The van der Waals surface area contributed by atoms with Gasteiger partial charge in [-0.1, -0.05) is 12.5 Å². The lowest BCUT2D eigenvalue weighted by Crippen LogP contribution is -2.35. The van der Waals surface area contributed by atoms with Crippen LogP contribution in [0.5, 0.6) is 5.75 Å². The van der Waals surface area contributed by atoms with Crippen LogP contribution >= 0.6 is 0 Å². The number of hydrogen-bond donors (Lipinski definition) is 2. The van der Waals surface area contributed by atoms with Gasteiger partial charge in [-0.05, 0) is 56.8 Å². The van der Waals surface area contributed by atoms with Crippen molar-refractivity contribution >= 4 is 5.69 Å². The van der Waals surface area contributed by atoms with E-state index in [1.807, 2.05) is 0 Å². The highest BCUT2D eigenvalue weighted by Gasteiger charge is 2.13. The summed E-state index contributed by atoms with van der Waals surface area (Å²) in [7, 11) is 1.74. The zero-order valence-corrected chi connectivity index (χ0v) is 12.4. The normalized spacial score (nSPS) is 19.2. The number of benzene rings is 1. The summed E-state index contributed by atoms with van der Waals surface area (Å²) >= 11 is 0. The molecule has 1 aliphatic heterocycles. The first kappa shape index (κ1) is 14.2. The molecule has 19 heavy (non-hydrogen) atoms. The van der Waals surface area contributed by atoms with Crippen molar-refractivity contribution in [1.29, 1.82) is 0 Å². The van der Waals surface area contributed by atoms with Crippen LogP contribution in [0, 0.1) is 13.8 Å². The number of hydrogen-bond acceptors (Lipinski definition) is 3. The Bertz CT molecular complexity index is 411. The van der Waals surface area contributed by atoms with Crippen LogP contribution in [0.1, 0.15) is 36.8 Å². The Morgan fingerprint density at radius 1 is 1.32 bits per heavy atom. The van der Waals surface area contributed by atoms with E-state index in [9.17, 15) is 0 Å². The van der Waals surface area contributed by atoms with Crippen molar-refractivity contribution in [2.75, 3.05) is 25.5 Å². The lowest BCUT2D eigenvalue weighted by atomic mass is 10.0. The number of rotatable bonds is 5. The molecule has 0 aliphatic carbocycles. The fourth-order valence-electron chi connectivity index (χ4n) is 2.86. The van der Waals surface area contributed by atoms with Crippen LogP contribution in [0.15, 0.2) is 12.1 Å². The fraction of sp³-hybridized carbons (Fsp3) is 0.625. The van der Waals surface area contributed by atoms with Gasteiger partial charge in [-0.25, -0.2) is 0 Å². The minimum atomic E-state index is 0.679. The van der Waals surface area contributed by atoms with E-state index in [2.05, 4.69) is 36.6 Å². The molecular formula is C16H26N2O. The van der Waals surface area contributed by atoms with Gasteiger partial charge >= 0.3 is 0 Å². The van der Waals surface area contributed by atoms with E-state index < -0.39 is 0 Å². The zero-order chi connectivity index (χ0) is 13.7. The highest BCUT2D eigenvalue weighted by Crippen LogP contribution is 2.29. The highest BCUT2D eigenvalue weighted by atomic mass is 16.5. The smallest absolute Gasteiger partial charge is 0.142 e. The van der Waals surface area contributed by atoms with E-state index in [4.69, 9.17) is 4.74 Å². The van der Waals surface area contributed by atoms with Crippen LogP contribution in [-0.4, -0.2) is 26.2 Å². The molecule has 1 saturated heterocycles. The van der Waals surface area contributed by atoms with Crippen molar-refractivity contribution in [2.24, 2.45) is 0 Å². The summed E-state index contributed by atoms with van der Waals surface area (Å²) < 4.78 is 5.47. The zero-order valence-electron chi connectivity index (χ0n) is 12.4. The molecule has 106 valence electrons. The summed E-state index contributed by atoms with van der Waals surface area (Å²) in [6.45, 7) is 6.41. The fourth-order valence-corrected chi connectivity index (χ4v) is 2.86. The standard InChI is InChI=1S/C16H26N2O/c1-12-10-13(2)16(15(11-12)19-3)18-9-7-14-6-4-5-8-17-14/h10-11,14,17-18H,4-9H2,1-3H3. The number of ether oxygens (including phenoxy) is 1. The van der Waals surface area contributed by atoms with Crippen LogP contribution in [0.25, 0.3) is 0 Å². The van der Waals surface area contributed by atoms with E-state index in [1.54, 1.807) is 7.11 Å². The van der Waals surface area contributed by atoms with Crippen molar-refractivity contribution in [3.8, 4) is 5.75 Å². The van der Waals surface area contributed by atoms with Crippen LogP contribution in [0.2, 0.25) is 0 Å². The van der Waals surface area contributed by atoms with E-state index in [0.717, 1.165) is 18.0 Å². The number of nitrogens with one attached hydrogen (secondary N) is 2. The van der Waals surface area contributed by atoms with Gasteiger partial charge in [0.05, 0.1) is 12.8 Å². The van der Waals surface area contributed by atoms with E-state index >= 15 is 0 Å². The molecule has 3 nitrogen and oxygen atoms in total. The number of methoxy groups -OCH3 is 1. The average molecular weight is 262 g/mol. The molecule has 0 radical (unpaired) electrons. The third-order valence-electron chi connectivity index (χ3n) is 3.87. The molecule has 0 aromatic heterocycles. The summed E-state index contributed by atoms with van der Waals surface area (Å²) in [5, 5.41) is 7.13. The van der Waals surface area contributed by atoms with Crippen molar-refractivity contribution in [2.45, 2.75) is 45.6 Å². The largest absolute Gasteiger partial charge is 0.495 e. The van der Waals surface area contributed by atoms with Gasteiger partial charge < -0.3 is 15.4 Å². The summed E-state index contributed by atoms with van der Waals surface area (Å²) in [6, 6.07) is 4.97. The number of piperidine rings is 1. The van der Waals surface area contributed by atoms with Gasteiger partial charge in [0.2, 0.25) is 0 Å². The number of anilines is 1. The first-order chi connectivity index (χ1) is 9.20. The molecular weight excluding hydrogens is 236 g/mol. The monoisotopic (exact) mass is 262 g/mol. The Kier molecular flexibility index (Phi) is 5.08. The molecule has 2 rings (SSSR count). The molecule has 1 heterocycles. The SMILES string of the molecule is COc1cc(C)cc(C)c1NCCC1CCCCN1. The maximum absolute atomic E-state index is 5.47. The molecule has 0 bridgehead atoms. The van der Waals surface area contributed by atoms with Gasteiger partial charge in [-0.15, -0.1) is 0 Å². The minimum absolute atomic E-state index is 0.679. The summed E-state index contributed by atoms with van der Waals surface area (Å²) in [5.41, 5.74) is 3.64. The van der Waals surface area contributed by atoms with Gasteiger partial charge in [0.15, 0.2) is 0 Å². The average Bonchev–Trinajstić information content (AvgIpc) is 2.42. The molecule has 0 amide bonds. The van der Waals surface area contributed by atoms with E-state index in [0.29, 0.717) is 6.04 Å². The van der Waals surface area contributed by atoms with Gasteiger partial charge in [0, 0.05) is 12.6 Å². The summed E-state index contributed by atoms with van der Waals surface area (Å²) in [5.74, 6) is 0.953. The van der Waals surface area contributed by atoms with Crippen molar-refractivity contribution in [3.63, 3.8) is 0 Å². The maximum Gasteiger partial charge on any atom is 0.142 e. The van der Waals surface area contributed by atoms with Gasteiger partial charge in [-0.2, -0.15) is 0 Å². The van der Waals surface area contributed by atoms with Crippen molar-refractivity contribution in [3.05, 3.63) is 23.3 Å². The highest BCUT2D eigenvalue weighted by molar-refractivity contribution is 5.63. The first-order valence-corrected chi connectivity index (χ1v) is 7.33. The molecule has 0 saturated carbocycles. The van der Waals surface area contributed by atoms with Gasteiger partial charge in [0.1, 0.15) is 5.75 Å². The Balaban J connectivity index is 1.91. The second kappa shape index (κ2) is 6.80. The van der Waals surface area contributed by atoms with E-state index in [1.165, 1.54) is 43.4 Å². The third-order valence-corrected chi connectivity index (χ3v) is 3.87. The molecule has 1 aromatic carbocycles. The molecule has 1 atom stereocenters. The molecule has 2 N–H and O–H groups in total. The van der Waals surface area contributed by atoms with Crippen LogP contribution in [0.4, 0.5) is 5.69 Å². The Morgan fingerprint density at radius 2 is 2.16 bits per heavy atom. The molecule has 1 aromatic rings. The number of aryl methyl sites for hydroxylation is 2. The Hall–Kier alpha value is -1.22. The minimum Gasteiger partial charge on any atom is -0.495 e. The summed E-state index contributed by atoms with van der Waals surface area (Å²) in [6.07, 6.45) is 5.18. The van der Waals surface area contributed by atoms with Gasteiger partial charge in [0.25, 0.3) is 0 Å². The lowest BCUT2D eigenvalue weighted by molar-refractivity contribution is 0.388. The van der Waals surface area contributed by atoms with Crippen molar-refractivity contribution < 1.29 is 4.74 Å². The molecule has 1 fully saturated rings. The molecule has 3 heteroatoms. The van der Waals surface area contributed by atoms with Crippen LogP contribution in [0.3, 0.4) is 0 Å². The van der Waals surface area contributed by atoms with Crippen LogP contribution < -0.4 is 15.4 Å².